The van der Waals surface area contributed by atoms with Crippen molar-refractivity contribution in [2.24, 2.45) is 4.99 Å². The maximum atomic E-state index is 13.0. The van der Waals surface area contributed by atoms with Crippen LogP contribution in [0.5, 0.6) is 5.75 Å². The molecule has 0 saturated carbocycles. The molecule has 6 nitrogen and oxygen atoms in total. The van der Waals surface area contributed by atoms with Gasteiger partial charge in [0.25, 0.3) is 0 Å². The number of anilines is 1. The molecule has 0 atom stereocenters. The second kappa shape index (κ2) is 12.3. The van der Waals surface area contributed by atoms with Gasteiger partial charge in [0.1, 0.15) is 11.6 Å². The smallest absolute Gasteiger partial charge is 0.419 e. The molecule has 1 aromatic carbocycles. The number of ether oxygens (including phenoxy) is 1. The normalized spacial score (nSPS) is 11.4. The van der Waals surface area contributed by atoms with E-state index in [0.29, 0.717) is 25.7 Å². The van der Waals surface area contributed by atoms with Crippen LogP contribution in [0.3, 0.4) is 0 Å². The minimum Gasteiger partial charge on any atom is -0.494 e. The highest BCUT2D eigenvalue weighted by molar-refractivity contribution is 14.0. The summed E-state index contributed by atoms with van der Waals surface area (Å²) in [5, 5.41) is 8.90. The van der Waals surface area contributed by atoms with Crippen LogP contribution in [0.25, 0.3) is 0 Å². The minimum atomic E-state index is -4.45. The fourth-order valence-electron chi connectivity index (χ4n) is 2.48. The van der Waals surface area contributed by atoms with E-state index in [4.69, 9.17) is 4.74 Å². The molecule has 29 heavy (non-hydrogen) atoms. The first-order chi connectivity index (χ1) is 13.5. The molecular weight excluding hydrogens is 498 g/mol. The van der Waals surface area contributed by atoms with E-state index in [1.54, 1.807) is 7.05 Å². The first-order valence-electron chi connectivity index (χ1n) is 8.87. The fraction of sp³-hybridized carbons (Fsp3) is 0.368. The maximum absolute atomic E-state index is 13.0. The average Bonchev–Trinajstić information content (AvgIpc) is 2.68. The molecule has 0 aliphatic carbocycles. The SMILES string of the molecule is CCOc1ccccc1CNC(=NC)NCCNc1ncccc1C(F)(F)F.I. The molecule has 2 rings (SSSR count). The quantitative estimate of drug-likeness (QED) is 0.212. The molecule has 10 heteroatoms. The largest absolute Gasteiger partial charge is 0.494 e. The predicted octanol–water partition coefficient (Wildman–Crippen LogP) is 3.89. The lowest BCUT2D eigenvalue weighted by molar-refractivity contribution is -0.137. The minimum absolute atomic E-state index is 0. The molecule has 0 aliphatic heterocycles. The van der Waals surface area contributed by atoms with Crippen molar-refractivity contribution in [1.82, 2.24) is 15.6 Å². The van der Waals surface area contributed by atoms with Gasteiger partial charge in [-0.1, -0.05) is 18.2 Å². The molecule has 0 aliphatic rings. The van der Waals surface area contributed by atoms with Gasteiger partial charge in [0.2, 0.25) is 0 Å². The van der Waals surface area contributed by atoms with E-state index < -0.39 is 11.7 Å². The van der Waals surface area contributed by atoms with Crippen molar-refractivity contribution < 1.29 is 17.9 Å². The Balaban J connectivity index is 0.00000420. The van der Waals surface area contributed by atoms with Crippen molar-refractivity contribution in [1.29, 1.82) is 0 Å². The number of aliphatic imine (C=N–C) groups is 1. The van der Waals surface area contributed by atoms with Gasteiger partial charge in [-0.15, -0.1) is 24.0 Å². The zero-order chi connectivity index (χ0) is 20.4. The molecule has 160 valence electrons. The van der Waals surface area contributed by atoms with E-state index in [-0.39, 0.29) is 36.3 Å². The zero-order valence-electron chi connectivity index (χ0n) is 16.2. The third kappa shape index (κ3) is 7.95. The highest BCUT2D eigenvalue weighted by atomic mass is 127. The molecule has 1 aromatic heterocycles. The van der Waals surface area contributed by atoms with Crippen LogP contribution in [0.1, 0.15) is 18.1 Å². The van der Waals surface area contributed by atoms with Crippen LogP contribution in [0.4, 0.5) is 19.0 Å². The molecule has 1 heterocycles. The van der Waals surface area contributed by atoms with E-state index in [1.165, 1.54) is 12.3 Å². The molecule has 2 aromatic rings. The van der Waals surface area contributed by atoms with Crippen molar-refractivity contribution in [3.63, 3.8) is 0 Å². The molecule has 0 bridgehead atoms. The van der Waals surface area contributed by atoms with Crippen molar-refractivity contribution in [2.45, 2.75) is 19.6 Å². The number of halogens is 4. The van der Waals surface area contributed by atoms with Gasteiger partial charge in [-0.2, -0.15) is 13.2 Å². The number of aromatic nitrogens is 1. The monoisotopic (exact) mass is 523 g/mol. The lowest BCUT2D eigenvalue weighted by Crippen LogP contribution is -2.39. The fourth-order valence-corrected chi connectivity index (χ4v) is 2.48. The van der Waals surface area contributed by atoms with Gasteiger partial charge in [0.15, 0.2) is 5.96 Å². The van der Waals surface area contributed by atoms with Crippen molar-refractivity contribution in [2.75, 3.05) is 32.1 Å². The summed E-state index contributed by atoms with van der Waals surface area (Å²) in [6.45, 7) is 3.60. The summed E-state index contributed by atoms with van der Waals surface area (Å²) in [5.74, 6) is 1.14. The Morgan fingerprint density at radius 1 is 1.10 bits per heavy atom. The van der Waals surface area contributed by atoms with Crippen molar-refractivity contribution in [3.05, 3.63) is 53.7 Å². The Morgan fingerprint density at radius 3 is 2.55 bits per heavy atom. The lowest BCUT2D eigenvalue weighted by atomic mass is 10.2. The second-order valence-corrected chi connectivity index (χ2v) is 5.72. The second-order valence-electron chi connectivity index (χ2n) is 5.72. The van der Waals surface area contributed by atoms with Gasteiger partial charge in [-0.05, 0) is 25.1 Å². The van der Waals surface area contributed by atoms with Gasteiger partial charge in [0, 0.05) is 38.4 Å². The molecule has 0 radical (unpaired) electrons. The zero-order valence-corrected chi connectivity index (χ0v) is 18.5. The topological polar surface area (TPSA) is 70.6 Å². The summed E-state index contributed by atoms with van der Waals surface area (Å²) in [4.78, 5) is 7.88. The summed E-state index contributed by atoms with van der Waals surface area (Å²) in [7, 11) is 1.62. The van der Waals surface area contributed by atoms with Crippen LogP contribution in [0.2, 0.25) is 0 Å². The van der Waals surface area contributed by atoms with Gasteiger partial charge in [0.05, 0.1) is 12.2 Å². The van der Waals surface area contributed by atoms with Crippen LogP contribution in [-0.2, 0) is 12.7 Å². The van der Waals surface area contributed by atoms with Gasteiger partial charge in [-0.25, -0.2) is 4.98 Å². The predicted molar refractivity (Wildman–Crippen MR) is 119 cm³/mol. The van der Waals surface area contributed by atoms with E-state index in [1.807, 2.05) is 31.2 Å². The van der Waals surface area contributed by atoms with Crippen LogP contribution in [0.15, 0.2) is 47.6 Å². The Kier molecular flexibility index (Phi) is 10.6. The molecule has 0 unspecified atom stereocenters. The van der Waals surface area contributed by atoms with Gasteiger partial charge < -0.3 is 20.7 Å². The standard InChI is InChI=1S/C19H24F3N5O.HI/c1-3-28-16-9-5-4-7-14(16)13-27-18(23-2)26-12-11-25-17-15(19(20,21)22)8-6-10-24-17;/h4-10H,3,11-13H2,1-2H3,(H,24,25)(H2,23,26,27);1H. The van der Waals surface area contributed by atoms with Gasteiger partial charge >= 0.3 is 6.18 Å². The lowest BCUT2D eigenvalue weighted by Gasteiger charge is -2.16. The third-order valence-corrected chi connectivity index (χ3v) is 3.77. The van der Waals surface area contributed by atoms with Crippen LogP contribution in [0, 0.1) is 0 Å². The average molecular weight is 523 g/mol. The first-order valence-corrected chi connectivity index (χ1v) is 8.87. The molecule has 0 spiro atoms. The Labute approximate surface area is 185 Å². The summed E-state index contributed by atoms with van der Waals surface area (Å²) < 4.78 is 44.4. The van der Waals surface area contributed by atoms with Crippen LogP contribution in [-0.4, -0.2) is 37.7 Å². The molecule has 0 amide bonds. The number of hydrogen-bond donors (Lipinski definition) is 3. The molecule has 0 fully saturated rings. The van der Waals surface area contributed by atoms with Crippen LogP contribution >= 0.6 is 24.0 Å². The molecule has 0 saturated heterocycles. The Hall–Kier alpha value is -2.24. The maximum Gasteiger partial charge on any atom is 0.419 e. The number of nitrogens with zero attached hydrogens (tertiary/aromatic N) is 2. The number of nitrogens with one attached hydrogen (secondary N) is 3. The molecule has 3 N–H and O–H groups in total. The highest BCUT2D eigenvalue weighted by Gasteiger charge is 2.33. The first kappa shape index (κ1) is 24.8. The summed E-state index contributed by atoms with van der Waals surface area (Å²) >= 11 is 0. The van der Waals surface area contributed by atoms with Crippen LogP contribution < -0.4 is 20.7 Å². The highest BCUT2D eigenvalue weighted by Crippen LogP contribution is 2.33. The summed E-state index contributed by atoms with van der Waals surface area (Å²) in [6.07, 6.45) is -3.13. The number of benzene rings is 1. The Morgan fingerprint density at radius 2 is 1.86 bits per heavy atom. The summed E-state index contributed by atoms with van der Waals surface area (Å²) in [6, 6.07) is 9.93. The molecular formula is C19H25F3IN5O. The summed E-state index contributed by atoms with van der Waals surface area (Å²) in [5.41, 5.74) is 0.193. The van der Waals surface area contributed by atoms with E-state index >= 15 is 0 Å². The number of alkyl halides is 3. The number of para-hydroxylation sites is 1. The Bertz CT molecular complexity index is 786. The third-order valence-electron chi connectivity index (χ3n) is 3.77. The van der Waals surface area contributed by atoms with Crippen molar-refractivity contribution in [3.8, 4) is 5.75 Å². The van der Waals surface area contributed by atoms with E-state index in [2.05, 4.69) is 25.9 Å². The van der Waals surface area contributed by atoms with E-state index in [9.17, 15) is 13.2 Å². The number of rotatable bonds is 8. The van der Waals surface area contributed by atoms with Gasteiger partial charge in [-0.3, -0.25) is 4.99 Å². The van der Waals surface area contributed by atoms with E-state index in [0.717, 1.165) is 17.4 Å². The number of guanidine groups is 1. The number of pyridine rings is 1. The van der Waals surface area contributed by atoms with Crippen molar-refractivity contribution >= 4 is 35.8 Å². The number of hydrogen-bond acceptors (Lipinski definition) is 4.